The maximum absolute atomic E-state index is 11.7. The normalized spacial score (nSPS) is 11.5. The number of carbonyl (C=O) groups is 1. The molecule has 1 rings (SSSR count). The molecular formula is C16H27ClIN5O. The highest BCUT2D eigenvalue weighted by Crippen LogP contribution is 2.11. The van der Waals surface area contributed by atoms with Crippen molar-refractivity contribution in [2.45, 2.75) is 27.2 Å². The zero-order valence-electron chi connectivity index (χ0n) is 14.6. The van der Waals surface area contributed by atoms with Crippen LogP contribution >= 0.6 is 35.6 Å². The summed E-state index contributed by atoms with van der Waals surface area (Å²) < 4.78 is 0. The number of halogens is 2. The van der Waals surface area contributed by atoms with Gasteiger partial charge in [0.05, 0.1) is 0 Å². The molecule has 8 heteroatoms. The number of nitrogens with one attached hydrogen (secondary N) is 3. The van der Waals surface area contributed by atoms with Gasteiger partial charge in [-0.2, -0.15) is 0 Å². The van der Waals surface area contributed by atoms with Gasteiger partial charge < -0.3 is 16.0 Å². The lowest BCUT2D eigenvalue weighted by Crippen LogP contribution is -2.43. The van der Waals surface area contributed by atoms with Crippen molar-refractivity contribution in [3.8, 4) is 0 Å². The van der Waals surface area contributed by atoms with E-state index in [-0.39, 0.29) is 35.3 Å². The van der Waals surface area contributed by atoms with Crippen LogP contribution in [0, 0.1) is 5.41 Å². The minimum absolute atomic E-state index is 0. The number of nitrogens with zero attached hydrogens (tertiary/aromatic N) is 2. The first-order valence-corrected chi connectivity index (χ1v) is 8.04. The Balaban J connectivity index is 0.00000529. The Morgan fingerprint density at radius 3 is 2.33 bits per heavy atom. The summed E-state index contributed by atoms with van der Waals surface area (Å²) in [7, 11) is 1.72. The molecule has 0 aliphatic rings. The van der Waals surface area contributed by atoms with Crippen molar-refractivity contribution >= 4 is 47.4 Å². The highest BCUT2D eigenvalue weighted by atomic mass is 127. The van der Waals surface area contributed by atoms with Gasteiger partial charge in [0.15, 0.2) is 5.96 Å². The average molecular weight is 468 g/mol. The molecule has 1 amide bonds. The van der Waals surface area contributed by atoms with Crippen molar-refractivity contribution < 1.29 is 4.79 Å². The summed E-state index contributed by atoms with van der Waals surface area (Å²) in [6, 6.07) is 3.73. The van der Waals surface area contributed by atoms with Crippen molar-refractivity contribution in [2.24, 2.45) is 10.4 Å². The summed E-state index contributed by atoms with van der Waals surface area (Å²) in [4.78, 5) is 19.9. The topological polar surface area (TPSA) is 78.4 Å². The minimum atomic E-state index is -0.369. The van der Waals surface area contributed by atoms with Gasteiger partial charge in [0, 0.05) is 38.3 Å². The van der Waals surface area contributed by atoms with Gasteiger partial charge >= 0.3 is 0 Å². The molecule has 1 aromatic heterocycles. The number of amides is 1. The van der Waals surface area contributed by atoms with Crippen LogP contribution in [0.5, 0.6) is 0 Å². The van der Waals surface area contributed by atoms with Crippen LogP contribution in [0.4, 0.5) is 0 Å². The predicted octanol–water partition coefficient (Wildman–Crippen LogP) is 2.22. The van der Waals surface area contributed by atoms with Crippen LogP contribution in [0.15, 0.2) is 23.3 Å². The highest BCUT2D eigenvalue weighted by Gasteiger charge is 2.20. The van der Waals surface area contributed by atoms with Gasteiger partial charge in [-0.3, -0.25) is 9.79 Å². The Morgan fingerprint density at radius 1 is 1.17 bits per heavy atom. The number of carbonyl (C=O) groups excluding carboxylic acids is 1. The van der Waals surface area contributed by atoms with Gasteiger partial charge in [-0.1, -0.05) is 38.4 Å². The summed E-state index contributed by atoms with van der Waals surface area (Å²) >= 11 is 5.75. The van der Waals surface area contributed by atoms with E-state index in [1.165, 1.54) is 0 Å². The Labute approximate surface area is 166 Å². The van der Waals surface area contributed by atoms with E-state index in [9.17, 15) is 4.79 Å². The molecule has 0 aliphatic heterocycles. The van der Waals surface area contributed by atoms with Crippen LogP contribution in [0.3, 0.4) is 0 Å². The third-order valence-corrected chi connectivity index (χ3v) is 3.33. The number of hydrogen-bond donors (Lipinski definition) is 3. The summed E-state index contributed by atoms with van der Waals surface area (Å²) in [5.41, 5.74) is 0.738. The fourth-order valence-electron chi connectivity index (χ4n) is 1.72. The molecule has 1 aromatic rings. The first kappa shape index (κ1) is 22.9. The quantitative estimate of drug-likeness (QED) is 0.197. The molecule has 0 atom stereocenters. The predicted molar refractivity (Wildman–Crippen MR) is 110 cm³/mol. The number of aromatic nitrogens is 1. The molecule has 0 aromatic carbocycles. The van der Waals surface area contributed by atoms with Crippen molar-refractivity contribution in [1.82, 2.24) is 20.9 Å². The van der Waals surface area contributed by atoms with E-state index in [1.807, 2.05) is 26.8 Å². The van der Waals surface area contributed by atoms with Crippen LogP contribution < -0.4 is 16.0 Å². The van der Waals surface area contributed by atoms with Crippen LogP contribution in [0.25, 0.3) is 0 Å². The van der Waals surface area contributed by atoms with Crippen molar-refractivity contribution in [3.05, 3.63) is 29.0 Å². The van der Waals surface area contributed by atoms with Crippen LogP contribution in [-0.2, 0) is 11.2 Å². The molecule has 136 valence electrons. The second kappa shape index (κ2) is 11.5. The molecule has 0 radical (unpaired) electrons. The second-order valence-corrected chi connectivity index (χ2v) is 6.56. The number of aliphatic imine (C=N–C) groups is 1. The van der Waals surface area contributed by atoms with E-state index in [2.05, 4.69) is 25.9 Å². The molecule has 24 heavy (non-hydrogen) atoms. The summed E-state index contributed by atoms with van der Waals surface area (Å²) in [6.45, 7) is 7.57. The van der Waals surface area contributed by atoms with Gasteiger partial charge in [-0.15, -0.1) is 24.0 Å². The van der Waals surface area contributed by atoms with Gasteiger partial charge in [0.1, 0.15) is 5.15 Å². The Hall–Kier alpha value is -1.09. The van der Waals surface area contributed by atoms with Crippen molar-refractivity contribution in [2.75, 3.05) is 26.7 Å². The number of hydrogen-bond acceptors (Lipinski definition) is 3. The minimum Gasteiger partial charge on any atom is -0.356 e. The van der Waals surface area contributed by atoms with Crippen LogP contribution in [0.2, 0.25) is 5.15 Å². The number of guanidine groups is 1. The largest absolute Gasteiger partial charge is 0.356 e. The van der Waals surface area contributed by atoms with Crippen LogP contribution in [0.1, 0.15) is 26.3 Å². The lowest BCUT2D eigenvalue weighted by Gasteiger charge is -2.18. The van der Waals surface area contributed by atoms with Crippen molar-refractivity contribution in [3.63, 3.8) is 0 Å². The van der Waals surface area contributed by atoms with Crippen LogP contribution in [-0.4, -0.2) is 43.5 Å². The van der Waals surface area contributed by atoms with Gasteiger partial charge in [-0.05, 0) is 18.1 Å². The van der Waals surface area contributed by atoms with Gasteiger partial charge in [-0.25, -0.2) is 4.98 Å². The maximum Gasteiger partial charge on any atom is 0.225 e. The standard InChI is InChI=1S/C16H26ClN5O.HI/c1-16(2,3)14(23)19-9-10-21-15(18-4)20-8-7-12-5-6-13(17)22-11-12;/h5-6,11H,7-10H2,1-4H3,(H,19,23)(H2,18,20,21);1H. The van der Waals surface area contributed by atoms with Crippen molar-refractivity contribution in [1.29, 1.82) is 0 Å². The third kappa shape index (κ3) is 9.27. The van der Waals surface area contributed by atoms with E-state index >= 15 is 0 Å². The fraction of sp³-hybridized carbons (Fsp3) is 0.562. The maximum atomic E-state index is 11.7. The Kier molecular flexibility index (Phi) is 10.9. The molecule has 3 N–H and O–H groups in total. The second-order valence-electron chi connectivity index (χ2n) is 6.17. The average Bonchev–Trinajstić information content (AvgIpc) is 2.50. The first-order chi connectivity index (χ1) is 10.8. The Bertz CT molecular complexity index is 528. The summed E-state index contributed by atoms with van der Waals surface area (Å²) in [6.07, 6.45) is 2.59. The molecule has 0 saturated carbocycles. The molecule has 0 unspecified atom stereocenters. The van der Waals surface area contributed by atoms with E-state index in [4.69, 9.17) is 11.6 Å². The molecule has 0 bridgehead atoms. The molecule has 0 spiro atoms. The monoisotopic (exact) mass is 467 g/mol. The molecular weight excluding hydrogens is 441 g/mol. The molecule has 0 fully saturated rings. The van der Waals surface area contributed by atoms with E-state index in [0.717, 1.165) is 18.5 Å². The molecule has 1 heterocycles. The van der Waals surface area contributed by atoms with E-state index < -0.39 is 0 Å². The van der Waals surface area contributed by atoms with Gasteiger partial charge in [0.2, 0.25) is 5.91 Å². The van der Waals surface area contributed by atoms with E-state index in [1.54, 1.807) is 19.3 Å². The molecule has 0 aliphatic carbocycles. The fourth-order valence-corrected chi connectivity index (χ4v) is 1.83. The molecule has 0 saturated heterocycles. The number of rotatable bonds is 6. The zero-order chi connectivity index (χ0) is 17.3. The van der Waals surface area contributed by atoms with Gasteiger partial charge in [0.25, 0.3) is 0 Å². The first-order valence-electron chi connectivity index (χ1n) is 7.66. The summed E-state index contributed by atoms with van der Waals surface area (Å²) in [5, 5.41) is 9.76. The Morgan fingerprint density at radius 2 is 1.79 bits per heavy atom. The lowest BCUT2D eigenvalue weighted by atomic mass is 9.96. The SMILES string of the molecule is CN=C(NCCNC(=O)C(C)(C)C)NCCc1ccc(Cl)nc1.I. The highest BCUT2D eigenvalue weighted by molar-refractivity contribution is 14.0. The van der Waals surface area contributed by atoms with E-state index in [0.29, 0.717) is 24.2 Å². The molecule has 6 nitrogen and oxygen atoms in total. The zero-order valence-corrected chi connectivity index (χ0v) is 17.7. The lowest BCUT2D eigenvalue weighted by molar-refractivity contribution is -0.128. The smallest absolute Gasteiger partial charge is 0.225 e. The number of pyridine rings is 1. The summed E-state index contributed by atoms with van der Waals surface area (Å²) in [5.74, 6) is 0.745. The third-order valence-electron chi connectivity index (χ3n) is 3.10.